The molecule has 0 aromatic rings. The van der Waals surface area contributed by atoms with Crippen molar-refractivity contribution < 1.29 is 4.79 Å². The summed E-state index contributed by atoms with van der Waals surface area (Å²) in [4.78, 5) is 12.1. The minimum atomic E-state index is -0.689. The third-order valence-corrected chi connectivity index (χ3v) is 4.64. The van der Waals surface area contributed by atoms with Gasteiger partial charge in [0.05, 0.1) is 6.07 Å². The maximum absolute atomic E-state index is 12.1. The van der Waals surface area contributed by atoms with Crippen molar-refractivity contribution in [3.63, 3.8) is 0 Å². The van der Waals surface area contributed by atoms with Gasteiger partial charge in [0, 0.05) is 6.04 Å². The highest BCUT2D eigenvalue weighted by molar-refractivity contribution is 5.86. The number of carbonyl (C=O) groups is 1. The van der Waals surface area contributed by atoms with E-state index in [1.807, 2.05) is 0 Å². The summed E-state index contributed by atoms with van der Waals surface area (Å²) in [6, 6.07) is 2.49. The monoisotopic (exact) mass is 220 g/mol. The second kappa shape index (κ2) is 4.08. The Labute approximate surface area is 97.2 Å². The van der Waals surface area contributed by atoms with Gasteiger partial charge in [-0.05, 0) is 43.9 Å². The van der Waals surface area contributed by atoms with Crippen LogP contribution >= 0.6 is 0 Å². The molecule has 0 heterocycles. The van der Waals surface area contributed by atoms with E-state index >= 15 is 0 Å². The molecular formula is C13H20N2O. The van der Waals surface area contributed by atoms with Gasteiger partial charge in [0.1, 0.15) is 5.41 Å². The highest BCUT2D eigenvalue weighted by Crippen LogP contribution is 2.41. The number of carbonyl (C=O) groups excluding carboxylic acids is 1. The van der Waals surface area contributed by atoms with Crippen LogP contribution in [0.1, 0.15) is 46.0 Å². The summed E-state index contributed by atoms with van der Waals surface area (Å²) in [5, 5.41) is 12.2. The van der Waals surface area contributed by atoms with Crippen LogP contribution in [0.25, 0.3) is 0 Å². The van der Waals surface area contributed by atoms with Crippen molar-refractivity contribution in [2.24, 2.45) is 17.3 Å². The van der Waals surface area contributed by atoms with Gasteiger partial charge in [-0.3, -0.25) is 4.79 Å². The van der Waals surface area contributed by atoms with Gasteiger partial charge in [-0.2, -0.15) is 5.26 Å². The maximum Gasteiger partial charge on any atom is 0.240 e. The van der Waals surface area contributed by atoms with E-state index in [4.69, 9.17) is 5.26 Å². The summed E-state index contributed by atoms with van der Waals surface area (Å²) in [6.07, 6.45) is 4.75. The van der Waals surface area contributed by atoms with Crippen molar-refractivity contribution in [3.05, 3.63) is 0 Å². The normalized spacial score (nSPS) is 36.2. The summed E-state index contributed by atoms with van der Waals surface area (Å²) >= 11 is 0. The number of nitrogens with one attached hydrogen (secondary N) is 1. The van der Waals surface area contributed by atoms with Crippen molar-refractivity contribution in [3.8, 4) is 6.07 Å². The molecule has 3 nitrogen and oxygen atoms in total. The Morgan fingerprint density at radius 2 is 2.06 bits per heavy atom. The van der Waals surface area contributed by atoms with Crippen LogP contribution in [-0.2, 0) is 4.79 Å². The fourth-order valence-electron chi connectivity index (χ4n) is 2.79. The van der Waals surface area contributed by atoms with E-state index < -0.39 is 5.41 Å². The van der Waals surface area contributed by atoms with Crippen LogP contribution in [0.4, 0.5) is 0 Å². The minimum Gasteiger partial charge on any atom is -0.352 e. The number of hydrogen-bond acceptors (Lipinski definition) is 2. The lowest BCUT2D eigenvalue weighted by Gasteiger charge is -2.35. The summed E-state index contributed by atoms with van der Waals surface area (Å²) in [5.74, 6) is 1.21. The molecule has 0 bridgehead atoms. The van der Waals surface area contributed by atoms with E-state index in [1.54, 1.807) is 0 Å². The van der Waals surface area contributed by atoms with Gasteiger partial charge < -0.3 is 5.32 Å². The van der Waals surface area contributed by atoms with Crippen molar-refractivity contribution in [1.29, 1.82) is 5.26 Å². The Balaban J connectivity index is 1.96. The lowest BCUT2D eigenvalue weighted by molar-refractivity contribution is -0.132. The predicted molar refractivity (Wildman–Crippen MR) is 61.4 cm³/mol. The zero-order valence-electron chi connectivity index (χ0n) is 10.1. The molecule has 2 rings (SSSR count). The molecule has 0 aliphatic heterocycles. The third kappa shape index (κ3) is 1.71. The Hall–Kier alpha value is -1.04. The van der Waals surface area contributed by atoms with Gasteiger partial charge in [-0.25, -0.2) is 0 Å². The molecule has 0 aromatic heterocycles. The van der Waals surface area contributed by atoms with E-state index in [2.05, 4.69) is 25.2 Å². The lowest BCUT2D eigenvalue weighted by atomic mass is 9.69. The molecule has 0 aromatic carbocycles. The smallest absolute Gasteiger partial charge is 0.240 e. The lowest BCUT2D eigenvalue weighted by Crippen LogP contribution is -2.49. The number of nitrogens with zero attached hydrogens (tertiary/aromatic N) is 1. The highest BCUT2D eigenvalue weighted by atomic mass is 16.2. The van der Waals surface area contributed by atoms with E-state index in [9.17, 15) is 4.79 Å². The second-order valence-electron chi connectivity index (χ2n) is 5.54. The Morgan fingerprint density at radius 1 is 1.38 bits per heavy atom. The Kier molecular flexibility index (Phi) is 2.92. The molecule has 0 spiro atoms. The first-order chi connectivity index (χ1) is 7.59. The average molecular weight is 220 g/mol. The van der Waals surface area contributed by atoms with Crippen LogP contribution in [0.5, 0.6) is 0 Å². The molecule has 3 atom stereocenters. The van der Waals surface area contributed by atoms with Gasteiger partial charge in [-0.1, -0.05) is 13.8 Å². The van der Waals surface area contributed by atoms with E-state index in [0.717, 1.165) is 25.7 Å². The molecule has 0 radical (unpaired) electrons. The van der Waals surface area contributed by atoms with Crippen molar-refractivity contribution in [2.45, 2.75) is 52.0 Å². The standard InChI is InChI=1S/C13H20N2O/c1-9-4-5-11(10(9)2)15-12(16)13(8-14)6-3-7-13/h9-11H,3-7H2,1-2H3,(H,15,16). The fourth-order valence-corrected chi connectivity index (χ4v) is 2.79. The summed E-state index contributed by atoms with van der Waals surface area (Å²) in [5.41, 5.74) is -0.689. The second-order valence-corrected chi connectivity index (χ2v) is 5.54. The summed E-state index contributed by atoms with van der Waals surface area (Å²) < 4.78 is 0. The molecule has 2 saturated carbocycles. The van der Waals surface area contributed by atoms with E-state index in [-0.39, 0.29) is 11.9 Å². The van der Waals surface area contributed by atoms with Crippen LogP contribution < -0.4 is 5.32 Å². The first-order valence-electron chi connectivity index (χ1n) is 6.31. The van der Waals surface area contributed by atoms with Crippen molar-refractivity contribution in [1.82, 2.24) is 5.32 Å². The molecule has 2 aliphatic rings. The van der Waals surface area contributed by atoms with Crippen LogP contribution in [0.15, 0.2) is 0 Å². The van der Waals surface area contributed by atoms with Gasteiger partial charge >= 0.3 is 0 Å². The van der Waals surface area contributed by atoms with Crippen LogP contribution in [-0.4, -0.2) is 11.9 Å². The molecule has 16 heavy (non-hydrogen) atoms. The number of nitriles is 1. The zero-order valence-corrected chi connectivity index (χ0v) is 10.1. The molecule has 1 N–H and O–H groups in total. The van der Waals surface area contributed by atoms with Crippen LogP contribution in [0.2, 0.25) is 0 Å². The molecule has 1 amide bonds. The summed E-state index contributed by atoms with van der Waals surface area (Å²) in [6.45, 7) is 4.43. The number of rotatable bonds is 2. The largest absolute Gasteiger partial charge is 0.352 e. The average Bonchev–Trinajstić information content (AvgIpc) is 2.49. The topological polar surface area (TPSA) is 52.9 Å². The van der Waals surface area contributed by atoms with Gasteiger partial charge in [0.2, 0.25) is 5.91 Å². The summed E-state index contributed by atoms with van der Waals surface area (Å²) in [7, 11) is 0. The molecule has 2 fully saturated rings. The quantitative estimate of drug-likeness (QED) is 0.775. The molecular weight excluding hydrogens is 200 g/mol. The molecule has 3 unspecified atom stereocenters. The van der Waals surface area contributed by atoms with Gasteiger partial charge in [0.25, 0.3) is 0 Å². The van der Waals surface area contributed by atoms with E-state index in [1.165, 1.54) is 6.42 Å². The first-order valence-corrected chi connectivity index (χ1v) is 6.31. The van der Waals surface area contributed by atoms with Gasteiger partial charge in [-0.15, -0.1) is 0 Å². The maximum atomic E-state index is 12.1. The first kappa shape index (κ1) is 11.4. The highest BCUT2D eigenvalue weighted by Gasteiger charge is 2.46. The molecule has 0 saturated heterocycles. The minimum absolute atomic E-state index is 0.0211. The predicted octanol–water partition coefficient (Wildman–Crippen LogP) is 2.23. The number of hydrogen-bond donors (Lipinski definition) is 1. The van der Waals surface area contributed by atoms with E-state index in [0.29, 0.717) is 11.8 Å². The number of amides is 1. The third-order valence-electron chi connectivity index (χ3n) is 4.64. The zero-order chi connectivity index (χ0) is 11.8. The fraction of sp³-hybridized carbons (Fsp3) is 0.846. The van der Waals surface area contributed by atoms with Crippen LogP contribution in [0.3, 0.4) is 0 Å². The Bertz CT molecular complexity index is 327. The Morgan fingerprint density at radius 3 is 2.44 bits per heavy atom. The van der Waals surface area contributed by atoms with Crippen molar-refractivity contribution >= 4 is 5.91 Å². The molecule has 88 valence electrons. The van der Waals surface area contributed by atoms with Crippen molar-refractivity contribution in [2.75, 3.05) is 0 Å². The molecule has 2 aliphatic carbocycles. The molecule has 3 heteroatoms. The SMILES string of the molecule is CC1CCC(NC(=O)C2(C#N)CCC2)C1C. The van der Waals surface area contributed by atoms with Crippen LogP contribution in [0, 0.1) is 28.6 Å². The van der Waals surface area contributed by atoms with Gasteiger partial charge in [0.15, 0.2) is 0 Å².